The summed E-state index contributed by atoms with van der Waals surface area (Å²) in [6.07, 6.45) is 1.16. The molecule has 0 heterocycles. The Bertz CT molecular complexity index is 318. The zero-order valence-corrected chi connectivity index (χ0v) is 11.1. The molecule has 0 bridgehead atoms. The van der Waals surface area contributed by atoms with E-state index in [0.29, 0.717) is 12.0 Å². The van der Waals surface area contributed by atoms with Crippen molar-refractivity contribution in [1.82, 2.24) is 0 Å². The summed E-state index contributed by atoms with van der Waals surface area (Å²) in [7, 11) is 4.14. The van der Waals surface area contributed by atoms with Gasteiger partial charge in [0, 0.05) is 31.5 Å². The van der Waals surface area contributed by atoms with Crippen LogP contribution in [0.4, 0.5) is 11.4 Å². The Morgan fingerprint density at radius 3 is 2.44 bits per heavy atom. The molecule has 90 valence electrons. The van der Waals surface area contributed by atoms with Crippen LogP contribution in [-0.4, -0.2) is 20.1 Å². The molecule has 1 N–H and O–H groups in total. The molecule has 1 rings (SSSR count). The van der Waals surface area contributed by atoms with E-state index < -0.39 is 0 Å². The summed E-state index contributed by atoms with van der Waals surface area (Å²) in [6, 6.07) is 9.12. The first kappa shape index (κ1) is 12.9. The Morgan fingerprint density at radius 1 is 1.25 bits per heavy atom. The van der Waals surface area contributed by atoms with E-state index in [0.717, 1.165) is 6.42 Å². The molecule has 2 heteroatoms. The second-order valence-electron chi connectivity index (χ2n) is 4.85. The third-order valence-electron chi connectivity index (χ3n) is 2.96. The fraction of sp³-hybridized carbons (Fsp3) is 0.571. The van der Waals surface area contributed by atoms with Gasteiger partial charge in [0.05, 0.1) is 0 Å². The molecule has 1 unspecified atom stereocenters. The normalized spacial score (nSPS) is 12.6. The van der Waals surface area contributed by atoms with Crippen LogP contribution in [-0.2, 0) is 0 Å². The smallest absolute Gasteiger partial charge is 0.0381 e. The fourth-order valence-electron chi connectivity index (χ4n) is 1.83. The van der Waals surface area contributed by atoms with Gasteiger partial charge in [-0.05, 0) is 30.5 Å². The van der Waals surface area contributed by atoms with Gasteiger partial charge in [-0.3, -0.25) is 0 Å². The van der Waals surface area contributed by atoms with Gasteiger partial charge in [0.25, 0.3) is 0 Å². The Morgan fingerprint density at radius 2 is 1.94 bits per heavy atom. The first-order valence-electron chi connectivity index (χ1n) is 6.08. The molecule has 0 aliphatic rings. The lowest BCUT2D eigenvalue weighted by Crippen LogP contribution is -2.24. The van der Waals surface area contributed by atoms with E-state index in [1.54, 1.807) is 0 Å². The molecule has 0 aliphatic carbocycles. The van der Waals surface area contributed by atoms with E-state index in [1.165, 1.54) is 11.4 Å². The van der Waals surface area contributed by atoms with Crippen molar-refractivity contribution >= 4 is 11.4 Å². The minimum Gasteiger partial charge on any atom is -0.382 e. The predicted octanol–water partition coefficient (Wildman–Crippen LogP) is 3.60. The summed E-state index contributed by atoms with van der Waals surface area (Å²) >= 11 is 0. The van der Waals surface area contributed by atoms with Crippen LogP contribution in [0.25, 0.3) is 0 Å². The van der Waals surface area contributed by atoms with Crippen molar-refractivity contribution in [3.63, 3.8) is 0 Å². The minimum atomic E-state index is 0.553. The van der Waals surface area contributed by atoms with E-state index in [1.807, 2.05) is 0 Å². The summed E-state index contributed by atoms with van der Waals surface area (Å²) in [6.45, 7) is 6.75. The topological polar surface area (TPSA) is 15.3 Å². The van der Waals surface area contributed by atoms with E-state index in [4.69, 9.17) is 0 Å². The molecule has 1 aromatic rings. The number of nitrogens with one attached hydrogen (secondary N) is 1. The monoisotopic (exact) mass is 220 g/mol. The van der Waals surface area contributed by atoms with Gasteiger partial charge in [-0.15, -0.1) is 0 Å². The Kier molecular flexibility index (Phi) is 4.66. The molecule has 0 radical (unpaired) electrons. The largest absolute Gasteiger partial charge is 0.382 e. The Labute approximate surface area is 99.7 Å². The van der Waals surface area contributed by atoms with Gasteiger partial charge in [0.15, 0.2) is 0 Å². The molecule has 0 aromatic heterocycles. The predicted molar refractivity (Wildman–Crippen MR) is 73.3 cm³/mol. The second kappa shape index (κ2) is 5.78. The van der Waals surface area contributed by atoms with Crippen molar-refractivity contribution in [2.75, 3.05) is 24.3 Å². The quantitative estimate of drug-likeness (QED) is 0.815. The molecule has 0 saturated heterocycles. The van der Waals surface area contributed by atoms with Crippen LogP contribution >= 0.6 is 0 Å². The maximum absolute atomic E-state index is 3.60. The van der Waals surface area contributed by atoms with Gasteiger partial charge in [-0.25, -0.2) is 0 Å². The van der Waals surface area contributed by atoms with E-state index in [9.17, 15) is 0 Å². The number of anilines is 2. The molecule has 0 fully saturated rings. The standard InChI is InChI=1S/C14H24N2/c1-6-14(11(2)3)15-12-8-7-9-13(10-12)16(4)5/h7-11,14-15H,6H2,1-5H3. The molecule has 0 amide bonds. The average Bonchev–Trinajstić information content (AvgIpc) is 2.25. The molecule has 2 nitrogen and oxygen atoms in total. The minimum absolute atomic E-state index is 0.553. The summed E-state index contributed by atoms with van der Waals surface area (Å²) < 4.78 is 0. The molecule has 1 aromatic carbocycles. The molecular weight excluding hydrogens is 196 g/mol. The molecule has 0 aliphatic heterocycles. The van der Waals surface area contributed by atoms with Crippen LogP contribution < -0.4 is 10.2 Å². The highest BCUT2D eigenvalue weighted by Crippen LogP contribution is 2.20. The first-order valence-corrected chi connectivity index (χ1v) is 6.08. The lowest BCUT2D eigenvalue weighted by molar-refractivity contribution is 0.511. The van der Waals surface area contributed by atoms with Gasteiger partial charge >= 0.3 is 0 Å². The van der Waals surface area contributed by atoms with Crippen molar-refractivity contribution in [2.24, 2.45) is 5.92 Å². The van der Waals surface area contributed by atoms with E-state index >= 15 is 0 Å². The summed E-state index contributed by atoms with van der Waals surface area (Å²) in [5.74, 6) is 0.660. The zero-order chi connectivity index (χ0) is 12.1. The first-order chi connectivity index (χ1) is 7.54. The Balaban J connectivity index is 2.76. The molecular formula is C14H24N2. The van der Waals surface area contributed by atoms with Crippen LogP contribution in [0.3, 0.4) is 0 Å². The number of hydrogen-bond donors (Lipinski definition) is 1. The van der Waals surface area contributed by atoms with Crippen molar-refractivity contribution in [3.8, 4) is 0 Å². The van der Waals surface area contributed by atoms with Gasteiger partial charge in [0.2, 0.25) is 0 Å². The lowest BCUT2D eigenvalue weighted by Gasteiger charge is -2.23. The molecule has 0 spiro atoms. The lowest BCUT2D eigenvalue weighted by atomic mass is 10.0. The summed E-state index contributed by atoms with van der Waals surface area (Å²) in [5.41, 5.74) is 2.45. The van der Waals surface area contributed by atoms with Crippen LogP contribution in [0.15, 0.2) is 24.3 Å². The maximum Gasteiger partial charge on any atom is 0.0381 e. The molecule has 16 heavy (non-hydrogen) atoms. The number of benzene rings is 1. The number of hydrogen-bond acceptors (Lipinski definition) is 2. The van der Waals surface area contributed by atoms with E-state index in [2.05, 4.69) is 69.3 Å². The van der Waals surface area contributed by atoms with Crippen molar-refractivity contribution in [1.29, 1.82) is 0 Å². The number of nitrogens with zero attached hydrogens (tertiary/aromatic N) is 1. The Hall–Kier alpha value is -1.18. The van der Waals surface area contributed by atoms with Gasteiger partial charge in [-0.1, -0.05) is 26.8 Å². The van der Waals surface area contributed by atoms with Gasteiger partial charge in [-0.2, -0.15) is 0 Å². The van der Waals surface area contributed by atoms with Crippen LogP contribution in [0.1, 0.15) is 27.2 Å². The van der Waals surface area contributed by atoms with Crippen molar-refractivity contribution in [2.45, 2.75) is 33.2 Å². The summed E-state index contributed by atoms with van der Waals surface area (Å²) in [4.78, 5) is 2.13. The van der Waals surface area contributed by atoms with Crippen molar-refractivity contribution < 1.29 is 0 Å². The highest BCUT2D eigenvalue weighted by molar-refractivity contribution is 5.57. The highest BCUT2D eigenvalue weighted by atomic mass is 15.1. The van der Waals surface area contributed by atoms with Crippen molar-refractivity contribution in [3.05, 3.63) is 24.3 Å². The van der Waals surface area contributed by atoms with Gasteiger partial charge in [0.1, 0.15) is 0 Å². The zero-order valence-electron chi connectivity index (χ0n) is 11.1. The van der Waals surface area contributed by atoms with Crippen LogP contribution in [0.5, 0.6) is 0 Å². The third-order valence-corrected chi connectivity index (χ3v) is 2.96. The number of rotatable bonds is 5. The highest BCUT2D eigenvalue weighted by Gasteiger charge is 2.10. The van der Waals surface area contributed by atoms with E-state index in [-0.39, 0.29) is 0 Å². The van der Waals surface area contributed by atoms with Crippen LogP contribution in [0.2, 0.25) is 0 Å². The second-order valence-corrected chi connectivity index (χ2v) is 4.85. The molecule has 0 saturated carbocycles. The van der Waals surface area contributed by atoms with Gasteiger partial charge < -0.3 is 10.2 Å². The SMILES string of the molecule is CCC(Nc1cccc(N(C)C)c1)C(C)C. The third kappa shape index (κ3) is 3.44. The van der Waals surface area contributed by atoms with Crippen LogP contribution in [0, 0.1) is 5.92 Å². The maximum atomic E-state index is 3.60. The average molecular weight is 220 g/mol. The fourth-order valence-corrected chi connectivity index (χ4v) is 1.83. The molecule has 1 atom stereocenters. The summed E-state index contributed by atoms with van der Waals surface area (Å²) in [5, 5.41) is 3.60.